The van der Waals surface area contributed by atoms with Gasteiger partial charge < -0.3 is 10.1 Å². The smallest absolute Gasteiger partial charge is 0.120 e. The van der Waals surface area contributed by atoms with Gasteiger partial charge in [-0.05, 0) is 24.3 Å². The van der Waals surface area contributed by atoms with Crippen LogP contribution < -0.4 is 10.1 Å². The average Bonchev–Trinajstić information content (AvgIpc) is 2.55. The van der Waals surface area contributed by atoms with E-state index in [1.165, 1.54) is 0 Å². The number of nitrogens with zero attached hydrogens (tertiary/aromatic N) is 1. The molecular formula is C18H14N2O. The number of rotatable bonds is 3. The zero-order valence-corrected chi connectivity index (χ0v) is 11.6. The van der Waals surface area contributed by atoms with Crippen molar-refractivity contribution >= 4 is 22.1 Å². The molecule has 3 aromatic carbocycles. The molecule has 0 unspecified atom stereocenters. The monoisotopic (exact) mass is 274 g/mol. The largest absolute Gasteiger partial charge is 0.497 e. The molecule has 102 valence electrons. The molecule has 0 spiro atoms. The van der Waals surface area contributed by atoms with Crippen LogP contribution in [0.4, 0.5) is 11.4 Å². The molecule has 1 N–H and O–H groups in total. The molecule has 0 heterocycles. The molecule has 0 aliphatic rings. The van der Waals surface area contributed by atoms with E-state index in [0.717, 1.165) is 27.9 Å². The molecule has 0 atom stereocenters. The lowest BCUT2D eigenvalue weighted by Gasteiger charge is -2.11. The van der Waals surface area contributed by atoms with E-state index in [1.807, 2.05) is 60.7 Å². The van der Waals surface area contributed by atoms with Crippen molar-refractivity contribution in [3.8, 4) is 11.8 Å². The summed E-state index contributed by atoms with van der Waals surface area (Å²) in [6.07, 6.45) is 0. The molecule has 0 saturated heterocycles. The molecule has 0 aliphatic carbocycles. The van der Waals surface area contributed by atoms with Gasteiger partial charge in [0.05, 0.1) is 18.7 Å². The Bertz CT molecular complexity index is 834. The van der Waals surface area contributed by atoms with Crippen LogP contribution in [0.25, 0.3) is 10.8 Å². The number of fused-ring (bicyclic) bond motifs is 1. The molecule has 0 bridgehead atoms. The maximum absolute atomic E-state index is 9.20. The highest BCUT2D eigenvalue weighted by atomic mass is 16.5. The number of benzene rings is 3. The first-order valence-electron chi connectivity index (χ1n) is 6.65. The summed E-state index contributed by atoms with van der Waals surface area (Å²) in [4.78, 5) is 0. The van der Waals surface area contributed by atoms with Gasteiger partial charge >= 0.3 is 0 Å². The summed E-state index contributed by atoms with van der Waals surface area (Å²) in [5.74, 6) is 0.804. The molecule has 3 heteroatoms. The van der Waals surface area contributed by atoms with E-state index < -0.39 is 0 Å². The van der Waals surface area contributed by atoms with E-state index in [2.05, 4.69) is 11.4 Å². The quantitative estimate of drug-likeness (QED) is 0.766. The van der Waals surface area contributed by atoms with Crippen LogP contribution in [-0.4, -0.2) is 7.11 Å². The number of ether oxygens (including phenoxy) is 1. The summed E-state index contributed by atoms with van der Waals surface area (Å²) >= 11 is 0. The molecule has 0 amide bonds. The van der Waals surface area contributed by atoms with Crippen LogP contribution >= 0.6 is 0 Å². The molecule has 0 aromatic heterocycles. The zero-order valence-electron chi connectivity index (χ0n) is 11.6. The predicted molar refractivity (Wildman–Crippen MR) is 84.9 cm³/mol. The van der Waals surface area contributed by atoms with Crippen molar-refractivity contribution in [3.63, 3.8) is 0 Å². The molecule has 3 rings (SSSR count). The lowest BCUT2D eigenvalue weighted by molar-refractivity contribution is 0.415. The highest BCUT2D eigenvalue weighted by molar-refractivity contribution is 5.98. The van der Waals surface area contributed by atoms with Gasteiger partial charge in [0.25, 0.3) is 0 Å². The zero-order chi connectivity index (χ0) is 14.7. The highest BCUT2D eigenvalue weighted by Crippen LogP contribution is 2.29. The summed E-state index contributed by atoms with van der Waals surface area (Å²) in [7, 11) is 1.65. The van der Waals surface area contributed by atoms with E-state index in [9.17, 15) is 5.26 Å². The number of hydrogen-bond donors (Lipinski definition) is 1. The predicted octanol–water partition coefficient (Wildman–Crippen LogP) is 4.46. The Morgan fingerprint density at radius 3 is 2.52 bits per heavy atom. The van der Waals surface area contributed by atoms with Crippen molar-refractivity contribution in [2.45, 2.75) is 0 Å². The van der Waals surface area contributed by atoms with E-state index in [1.54, 1.807) is 7.11 Å². The minimum absolute atomic E-state index is 0.682. The van der Waals surface area contributed by atoms with Crippen LogP contribution in [0.3, 0.4) is 0 Å². The molecule has 0 aliphatic heterocycles. The van der Waals surface area contributed by atoms with Gasteiger partial charge in [-0.1, -0.05) is 30.3 Å². The minimum Gasteiger partial charge on any atom is -0.497 e. The van der Waals surface area contributed by atoms with Crippen LogP contribution in [0.1, 0.15) is 5.56 Å². The number of nitriles is 1. The lowest BCUT2D eigenvalue weighted by atomic mass is 10.0. The van der Waals surface area contributed by atoms with E-state index in [-0.39, 0.29) is 0 Å². The Kier molecular flexibility index (Phi) is 3.44. The second-order valence-corrected chi connectivity index (χ2v) is 4.68. The molecule has 0 radical (unpaired) electrons. The van der Waals surface area contributed by atoms with Gasteiger partial charge in [0.1, 0.15) is 5.75 Å². The van der Waals surface area contributed by atoms with E-state index >= 15 is 0 Å². The van der Waals surface area contributed by atoms with E-state index in [4.69, 9.17) is 4.74 Å². The third kappa shape index (κ3) is 2.52. The fraction of sp³-hybridized carbons (Fsp3) is 0.0556. The molecule has 3 nitrogen and oxygen atoms in total. The topological polar surface area (TPSA) is 45.0 Å². The number of anilines is 2. The first kappa shape index (κ1) is 13.0. The van der Waals surface area contributed by atoms with Gasteiger partial charge in [0.15, 0.2) is 0 Å². The van der Waals surface area contributed by atoms with Gasteiger partial charge in [-0.3, -0.25) is 0 Å². The second kappa shape index (κ2) is 5.56. The summed E-state index contributed by atoms with van der Waals surface area (Å²) in [5.41, 5.74) is 2.60. The van der Waals surface area contributed by atoms with Crippen molar-refractivity contribution in [1.29, 1.82) is 5.26 Å². The van der Waals surface area contributed by atoms with Gasteiger partial charge in [0.2, 0.25) is 0 Å². The Morgan fingerprint density at radius 2 is 1.76 bits per heavy atom. The van der Waals surface area contributed by atoms with Crippen molar-refractivity contribution in [3.05, 3.63) is 66.2 Å². The van der Waals surface area contributed by atoms with Crippen molar-refractivity contribution < 1.29 is 4.74 Å². The summed E-state index contributed by atoms with van der Waals surface area (Å²) < 4.78 is 5.23. The third-order valence-electron chi connectivity index (χ3n) is 3.39. The van der Waals surface area contributed by atoms with Crippen LogP contribution in [-0.2, 0) is 0 Å². The van der Waals surface area contributed by atoms with Crippen molar-refractivity contribution in [1.82, 2.24) is 0 Å². The third-order valence-corrected chi connectivity index (χ3v) is 3.39. The van der Waals surface area contributed by atoms with Crippen LogP contribution in [0.5, 0.6) is 5.75 Å². The molecule has 21 heavy (non-hydrogen) atoms. The van der Waals surface area contributed by atoms with E-state index in [0.29, 0.717) is 5.56 Å². The van der Waals surface area contributed by atoms with Gasteiger partial charge in [0, 0.05) is 28.2 Å². The Morgan fingerprint density at radius 1 is 0.952 bits per heavy atom. The van der Waals surface area contributed by atoms with Crippen LogP contribution in [0, 0.1) is 11.3 Å². The first-order valence-corrected chi connectivity index (χ1v) is 6.65. The van der Waals surface area contributed by atoms with Gasteiger partial charge in [-0.2, -0.15) is 5.26 Å². The molecular weight excluding hydrogens is 260 g/mol. The average molecular weight is 274 g/mol. The number of nitrogens with one attached hydrogen (secondary N) is 1. The first-order chi connectivity index (χ1) is 10.3. The second-order valence-electron chi connectivity index (χ2n) is 4.68. The fourth-order valence-electron chi connectivity index (χ4n) is 2.36. The maximum atomic E-state index is 9.20. The summed E-state index contributed by atoms with van der Waals surface area (Å²) in [6.45, 7) is 0. The van der Waals surface area contributed by atoms with Crippen molar-refractivity contribution in [2.75, 3.05) is 12.4 Å². The minimum atomic E-state index is 0.682. The standard InChI is InChI=1S/C18H14N2O/c1-21-15-6-4-5-14(11-15)20-18-10-9-13(12-19)16-7-2-3-8-17(16)18/h2-11,20H,1H3. The van der Waals surface area contributed by atoms with Crippen LogP contribution in [0.2, 0.25) is 0 Å². The number of hydrogen-bond acceptors (Lipinski definition) is 3. The van der Waals surface area contributed by atoms with Gasteiger partial charge in [-0.25, -0.2) is 0 Å². The maximum Gasteiger partial charge on any atom is 0.120 e. The Labute approximate surface area is 123 Å². The molecule has 0 saturated carbocycles. The fourth-order valence-corrected chi connectivity index (χ4v) is 2.36. The SMILES string of the molecule is COc1cccc(Nc2ccc(C#N)c3ccccc23)c1. The summed E-state index contributed by atoms with van der Waals surface area (Å²) in [6, 6.07) is 21.7. The number of methoxy groups -OCH3 is 1. The Balaban J connectivity index is 2.07. The van der Waals surface area contributed by atoms with Crippen molar-refractivity contribution in [2.24, 2.45) is 0 Å². The summed E-state index contributed by atoms with van der Waals surface area (Å²) in [5, 5.41) is 14.6. The lowest BCUT2D eigenvalue weighted by Crippen LogP contribution is -1.93. The highest BCUT2D eigenvalue weighted by Gasteiger charge is 2.06. The normalized spacial score (nSPS) is 10.1. The van der Waals surface area contributed by atoms with Gasteiger partial charge in [-0.15, -0.1) is 0 Å². The molecule has 0 fully saturated rings. The molecule has 3 aromatic rings. The van der Waals surface area contributed by atoms with Crippen LogP contribution in [0.15, 0.2) is 60.7 Å². The Hall–Kier alpha value is -2.99.